The van der Waals surface area contributed by atoms with Gasteiger partial charge in [0.25, 0.3) is 5.91 Å². The number of nitrogens with zero attached hydrogens (tertiary/aromatic N) is 5. The Labute approximate surface area is 254 Å². The number of nitrogens with one attached hydrogen (secondary N) is 2. The summed E-state index contributed by atoms with van der Waals surface area (Å²) in [5.41, 5.74) is 6.39. The van der Waals surface area contributed by atoms with Gasteiger partial charge in [0, 0.05) is 75.5 Å². The average Bonchev–Trinajstić information content (AvgIpc) is 3.72. The van der Waals surface area contributed by atoms with Crippen molar-refractivity contribution in [1.82, 2.24) is 29.5 Å². The van der Waals surface area contributed by atoms with E-state index in [0.29, 0.717) is 47.9 Å². The Morgan fingerprint density at radius 2 is 1.89 bits per heavy atom. The lowest BCUT2D eigenvalue weighted by Gasteiger charge is -2.42. The van der Waals surface area contributed by atoms with Crippen LogP contribution in [0.15, 0.2) is 48.8 Å². The van der Waals surface area contributed by atoms with Crippen LogP contribution >= 0.6 is 0 Å². The molecule has 4 aromatic rings. The molecule has 0 radical (unpaired) electrons. The number of halogens is 1. The molecule has 1 saturated carbocycles. The number of hydrogen-bond donors (Lipinski definition) is 2. The van der Waals surface area contributed by atoms with Gasteiger partial charge in [-0.3, -0.25) is 23.8 Å². The lowest BCUT2D eigenvalue weighted by Crippen LogP contribution is -2.48. The molecular formula is C33H34FN7O3. The number of carbonyl (C=O) groups excluding carboxylic acids is 2. The molecule has 2 N–H and O–H groups in total. The Balaban J connectivity index is 1.09. The summed E-state index contributed by atoms with van der Waals surface area (Å²) in [5, 5.41) is 6.41. The van der Waals surface area contributed by atoms with Crippen molar-refractivity contribution in [2.75, 3.05) is 44.7 Å². The van der Waals surface area contributed by atoms with Crippen molar-refractivity contribution in [2.24, 2.45) is 0 Å². The largest absolute Gasteiger partial charge is 0.379 e. The van der Waals surface area contributed by atoms with E-state index in [1.807, 2.05) is 22.6 Å². The summed E-state index contributed by atoms with van der Waals surface area (Å²) < 4.78 is 21.1. The number of pyridine rings is 2. The van der Waals surface area contributed by atoms with Gasteiger partial charge in [-0.2, -0.15) is 0 Å². The molecule has 1 saturated heterocycles. The first kappa shape index (κ1) is 27.4. The van der Waals surface area contributed by atoms with Gasteiger partial charge in [-0.15, -0.1) is 0 Å². The normalized spacial score (nSPS) is 19.8. The van der Waals surface area contributed by atoms with E-state index in [4.69, 9.17) is 9.72 Å². The Kier molecular flexibility index (Phi) is 6.69. The summed E-state index contributed by atoms with van der Waals surface area (Å²) in [6.45, 7) is 6.46. The van der Waals surface area contributed by atoms with Crippen molar-refractivity contribution >= 4 is 28.8 Å². The van der Waals surface area contributed by atoms with E-state index in [1.165, 1.54) is 17.7 Å². The van der Waals surface area contributed by atoms with Crippen LogP contribution in [-0.2, 0) is 28.2 Å². The predicted molar refractivity (Wildman–Crippen MR) is 162 cm³/mol. The van der Waals surface area contributed by atoms with Crippen LogP contribution in [0.5, 0.6) is 0 Å². The zero-order chi connectivity index (χ0) is 29.8. The Hall–Kier alpha value is -4.19. The van der Waals surface area contributed by atoms with E-state index >= 15 is 0 Å². The number of anilines is 2. The van der Waals surface area contributed by atoms with E-state index in [9.17, 15) is 14.0 Å². The number of fused-ring (bicyclic) bond motifs is 4. The van der Waals surface area contributed by atoms with Gasteiger partial charge < -0.3 is 15.4 Å². The fraction of sp³-hybridized carbons (Fsp3) is 0.394. The minimum absolute atomic E-state index is 0.148. The number of Topliss-reactive ketones (excluding diaryl/α,β-unsaturated/α-hetero) is 1. The number of morpholine rings is 1. The molecule has 1 aromatic carbocycles. The number of ketones is 1. The van der Waals surface area contributed by atoms with Gasteiger partial charge in [0.1, 0.15) is 23.1 Å². The second-order valence-electron chi connectivity index (χ2n) is 12.2. The van der Waals surface area contributed by atoms with Gasteiger partial charge in [0.2, 0.25) is 0 Å². The topological polar surface area (TPSA) is 104 Å². The fourth-order valence-electron chi connectivity index (χ4n) is 7.51. The van der Waals surface area contributed by atoms with Gasteiger partial charge in [-0.25, -0.2) is 14.4 Å². The molecule has 0 unspecified atom stereocenters. The number of aromatic nitrogens is 3. The van der Waals surface area contributed by atoms with Gasteiger partial charge >= 0.3 is 0 Å². The Morgan fingerprint density at radius 1 is 1.05 bits per heavy atom. The monoisotopic (exact) mass is 595 g/mol. The van der Waals surface area contributed by atoms with Crippen LogP contribution in [-0.4, -0.2) is 75.3 Å². The molecule has 44 heavy (non-hydrogen) atoms. The number of hydrogen-bond acceptors (Lipinski definition) is 8. The minimum Gasteiger partial charge on any atom is -0.379 e. The summed E-state index contributed by atoms with van der Waals surface area (Å²) in [7, 11) is 0. The van der Waals surface area contributed by atoms with Gasteiger partial charge in [-0.05, 0) is 42.2 Å². The number of carbonyl (C=O) groups is 2. The number of amides is 1. The summed E-state index contributed by atoms with van der Waals surface area (Å²) in [6, 6.07) is 10.8. The standard InChI is InChI=1S/C33H34FN7O3/c34-21-7-10-41-28(19-35-30(41)17-21)23-1-3-26(31-24(23)18-36-32(31)43)37-29-4-2-25-27(38-29)20-40(12-11-39-13-15-44-16-14-39)33(25)8-5-22(42)6-9-33/h1-4,7,10,17,19H,5-6,8-9,11-16,18,20H2,(H,36,43)(H,37,38). The highest BCUT2D eigenvalue weighted by atomic mass is 19.1. The molecule has 1 amide bonds. The molecule has 0 bridgehead atoms. The quantitative estimate of drug-likeness (QED) is 0.345. The zero-order valence-corrected chi connectivity index (χ0v) is 24.4. The number of benzene rings is 1. The van der Waals surface area contributed by atoms with Gasteiger partial charge in [0.15, 0.2) is 0 Å². The molecule has 11 heteroatoms. The fourth-order valence-corrected chi connectivity index (χ4v) is 7.51. The van der Waals surface area contributed by atoms with Gasteiger partial charge in [-0.1, -0.05) is 12.1 Å². The van der Waals surface area contributed by atoms with Crippen LogP contribution in [0.2, 0.25) is 0 Å². The first-order chi connectivity index (χ1) is 21.5. The molecule has 3 aliphatic heterocycles. The lowest BCUT2D eigenvalue weighted by atomic mass is 9.76. The van der Waals surface area contributed by atoms with Crippen molar-refractivity contribution in [1.29, 1.82) is 0 Å². The van der Waals surface area contributed by atoms with Gasteiger partial charge in [0.05, 0.1) is 42.0 Å². The molecule has 0 atom stereocenters. The molecule has 1 aliphatic carbocycles. The average molecular weight is 596 g/mol. The zero-order valence-electron chi connectivity index (χ0n) is 24.4. The van der Waals surface area contributed by atoms with E-state index in [2.05, 4.69) is 31.5 Å². The third-order valence-corrected chi connectivity index (χ3v) is 9.83. The van der Waals surface area contributed by atoms with E-state index in [0.717, 1.165) is 81.3 Å². The molecular weight excluding hydrogens is 561 g/mol. The number of ether oxygens (including phenoxy) is 1. The van der Waals surface area contributed by atoms with Crippen LogP contribution in [0.1, 0.15) is 52.9 Å². The molecule has 1 spiro atoms. The minimum atomic E-state index is -0.346. The maximum atomic E-state index is 13.8. The highest BCUT2D eigenvalue weighted by Gasteiger charge is 2.47. The second-order valence-corrected chi connectivity index (χ2v) is 12.2. The van der Waals surface area contributed by atoms with E-state index < -0.39 is 0 Å². The number of rotatable bonds is 6. The molecule has 2 fully saturated rings. The first-order valence-electron chi connectivity index (χ1n) is 15.4. The first-order valence-corrected chi connectivity index (χ1v) is 15.4. The highest BCUT2D eigenvalue weighted by molar-refractivity contribution is 6.06. The third-order valence-electron chi connectivity index (χ3n) is 9.83. The summed E-state index contributed by atoms with van der Waals surface area (Å²) >= 11 is 0. The maximum Gasteiger partial charge on any atom is 0.254 e. The van der Waals surface area contributed by atoms with Crippen LogP contribution in [0.4, 0.5) is 15.9 Å². The summed E-state index contributed by atoms with van der Waals surface area (Å²) in [6.07, 6.45) is 6.21. The molecule has 6 heterocycles. The van der Waals surface area contributed by atoms with Crippen molar-refractivity contribution in [3.8, 4) is 11.3 Å². The lowest BCUT2D eigenvalue weighted by molar-refractivity contribution is -0.123. The molecule has 4 aliphatic rings. The van der Waals surface area contributed by atoms with Crippen molar-refractivity contribution in [2.45, 2.75) is 44.3 Å². The van der Waals surface area contributed by atoms with Crippen LogP contribution in [0.25, 0.3) is 16.9 Å². The smallest absolute Gasteiger partial charge is 0.254 e. The van der Waals surface area contributed by atoms with Crippen molar-refractivity contribution < 1.29 is 18.7 Å². The summed E-state index contributed by atoms with van der Waals surface area (Å²) in [4.78, 5) is 39.8. The van der Waals surface area contributed by atoms with Crippen LogP contribution in [0.3, 0.4) is 0 Å². The Morgan fingerprint density at radius 3 is 2.73 bits per heavy atom. The van der Waals surface area contributed by atoms with Crippen LogP contribution < -0.4 is 10.6 Å². The molecule has 8 rings (SSSR count). The number of imidazole rings is 1. The molecule has 10 nitrogen and oxygen atoms in total. The van der Waals surface area contributed by atoms with Crippen molar-refractivity contribution in [3.05, 3.63) is 77.0 Å². The predicted octanol–water partition coefficient (Wildman–Crippen LogP) is 4.01. The summed E-state index contributed by atoms with van der Waals surface area (Å²) in [5.74, 6) is 0.530. The van der Waals surface area contributed by atoms with E-state index in [-0.39, 0.29) is 17.3 Å². The second kappa shape index (κ2) is 10.8. The highest BCUT2D eigenvalue weighted by Crippen LogP contribution is 2.48. The Bertz CT molecular complexity index is 1790. The third kappa shape index (κ3) is 4.58. The van der Waals surface area contributed by atoms with Crippen molar-refractivity contribution in [3.63, 3.8) is 0 Å². The van der Waals surface area contributed by atoms with Crippen LogP contribution in [0, 0.1) is 5.82 Å². The maximum absolute atomic E-state index is 13.8. The molecule has 3 aromatic heterocycles. The van der Waals surface area contributed by atoms with E-state index in [1.54, 1.807) is 12.4 Å². The SMILES string of the molecule is O=C1CCC2(CC1)c1ccc(Nc3ccc(-c4cnc5cc(F)ccn45)c4c3C(=O)NC4)nc1CN2CCN1CCOCC1. The molecule has 226 valence electrons.